The summed E-state index contributed by atoms with van der Waals surface area (Å²) < 4.78 is 15.1. The van der Waals surface area contributed by atoms with Crippen molar-refractivity contribution in [3.63, 3.8) is 0 Å². The summed E-state index contributed by atoms with van der Waals surface area (Å²) >= 11 is 0. The van der Waals surface area contributed by atoms with Crippen LogP contribution in [0.2, 0.25) is 0 Å². The molecule has 0 aliphatic carbocycles. The van der Waals surface area contributed by atoms with Crippen molar-refractivity contribution in [2.75, 3.05) is 9.80 Å². The highest BCUT2D eigenvalue weighted by Crippen LogP contribution is 2.63. The largest absolute Gasteiger partial charge is 0.456 e. The lowest BCUT2D eigenvalue weighted by Gasteiger charge is -2.48. The molecular weight excluding hydrogens is 934 g/mol. The fourth-order valence-corrected chi connectivity index (χ4v) is 15.8. The van der Waals surface area contributed by atoms with Crippen LogP contribution in [0.25, 0.3) is 82.5 Å². The van der Waals surface area contributed by atoms with Gasteiger partial charge in [-0.2, -0.15) is 0 Å². The van der Waals surface area contributed by atoms with Crippen molar-refractivity contribution in [3.05, 3.63) is 242 Å². The van der Waals surface area contributed by atoms with Gasteiger partial charge in [0.15, 0.2) is 0 Å². The van der Waals surface area contributed by atoms with Gasteiger partial charge in [-0.3, -0.25) is 0 Å². The van der Waals surface area contributed by atoms with E-state index in [0.29, 0.717) is 0 Å². The minimum absolute atomic E-state index is 0.886. The van der Waals surface area contributed by atoms with Gasteiger partial charge >= 0.3 is 0 Å². The van der Waals surface area contributed by atoms with Gasteiger partial charge in [0.05, 0.1) is 83.5 Å². The Morgan fingerprint density at radius 1 is 0.280 bits per heavy atom. The number of fused-ring (bicyclic) bond motifs is 9. The summed E-state index contributed by atoms with van der Waals surface area (Å²) in [5, 5.41) is 11.1. The van der Waals surface area contributed by atoms with Crippen molar-refractivity contribution in [3.8, 4) is 28.6 Å². The lowest BCUT2D eigenvalue weighted by atomic mass is 10.1. The van der Waals surface area contributed by atoms with Gasteiger partial charge in [-0.05, 0) is 98.8 Å². The first-order valence-corrected chi connectivity index (χ1v) is 27.1. The third-order valence-corrected chi connectivity index (χ3v) is 18.8. The summed E-state index contributed by atoms with van der Waals surface area (Å²) in [6, 6.07) is 85.6. The Bertz CT molecular complexity index is 4390. The molecule has 7 heteroatoms. The van der Waals surface area contributed by atoms with E-state index in [2.05, 4.69) is 268 Å². The molecule has 6 nitrogen and oxygen atoms in total. The first-order chi connectivity index (χ1) is 37.0. The zero-order valence-electron chi connectivity index (χ0n) is 41.0. The fraction of sp³-hybridized carbons (Fsp3) is 0.0294. The Labute approximate surface area is 433 Å². The Morgan fingerprint density at radius 2 is 0.547 bits per heavy atom. The second-order valence-electron chi connectivity index (χ2n) is 20.3. The van der Waals surface area contributed by atoms with Crippen molar-refractivity contribution in [1.29, 1.82) is 0 Å². The normalized spacial score (nSPS) is 13.5. The summed E-state index contributed by atoms with van der Waals surface area (Å²) in [5.74, 6) is 1.77. The molecule has 0 saturated heterocycles. The van der Waals surface area contributed by atoms with Crippen molar-refractivity contribution in [2.45, 2.75) is 13.8 Å². The van der Waals surface area contributed by atoms with Gasteiger partial charge < -0.3 is 28.2 Å². The highest BCUT2D eigenvalue weighted by Gasteiger charge is 2.47. The van der Waals surface area contributed by atoms with Crippen LogP contribution in [0.4, 0.5) is 34.1 Å². The molecule has 0 amide bonds. The molecule has 0 spiro atoms. The van der Waals surface area contributed by atoms with Gasteiger partial charge in [-0.15, -0.1) is 0 Å². The molecular formula is C68H44N5OP. The highest BCUT2D eigenvalue weighted by atomic mass is 31.1. The van der Waals surface area contributed by atoms with Gasteiger partial charge in [-0.25, -0.2) is 0 Å². The predicted molar refractivity (Wildman–Crippen MR) is 314 cm³/mol. The number of aryl methyl sites for hydroxylation is 2. The zero-order valence-corrected chi connectivity index (χ0v) is 41.9. The third-order valence-electron chi connectivity index (χ3n) is 16.1. The number of ether oxygens (including phenoxy) is 1. The van der Waals surface area contributed by atoms with Crippen LogP contribution in [-0.4, -0.2) is 13.7 Å². The summed E-state index contributed by atoms with van der Waals surface area (Å²) in [6.07, 6.45) is 0. The topological polar surface area (TPSA) is 30.5 Å². The summed E-state index contributed by atoms with van der Waals surface area (Å²) in [5.41, 5.74) is 19.4. The van der Waals surface area contributed by atoms with Crippen LogP contribution >= 0.6 is 7.92 Å². The van der Waals surface area contributed by atoms with E-state index in [4.69, 9.17) is 4.74 Å². The Balaban J connectivity index is 1.04. The summed E-state index contributed by atoms with van der Waals surface area (Å²) in [4.78, 5) is 5.09. The molecule has 0 unspecified atom stereocenters. The quantitative estimate of drug-likeness (QED) is 0.161. The van der Waals surface area contributed by atoms with Crippen LogP contribution in [0.3, 0.4) is 0 Å². The molecule has 11 aromatic carbocycles. The van der Waals surface area contributed by atoms with E-state index in [-0.39, 0.29) is 0 Å². The molecule has 0 N–H and O–H groups in total. The molecule has 6 heterocycles. The van der Waals surface area contributed by atoms with Gasteiger partial charge in [0.1, 0.15) is 11.5 Å². The third kappa shape index (κ3) is 5.61. The van der Waals surface area contributed by atoms with E-state index in [1.807, 2.05) is 0 Å². The number of hydrogen-bond donors (Lipinski definition) is 0. The monoisotopic (exact) mass is 977 g/mol. The lowest BCUT2D eigenvalue weighted by molar-refractivity contribution is 0.488. The van der Waals surface area contributed by atoms with Gasteiger partial charge in [-0.1, -0.05) is 145 Å². The number of para-hydroxylation sites is 6. The standard InChI is InChI=1S/C68H44N5OP/c1-41-27-31-43(32-28-41)69-60-35-45(71-54-21-9-3-15-48(54)49-16-4-10-22-55(49)71)36-61-66(60)75-67-62(69)37-46(72-56-23-11-5-17-50(56)51-18-6-12-24-57(51)72)39-64(67)74-65-40-47(38-63(68(65)75)70(61)44-33-29-42(2)30-34-44)73-58-25-13-7-19-52(58)53-20-8-14-26-59(53)73/h3-40H,1-2H3. The average Bonchev–Trinajstić information content (AvgIpc) is 4.13. The second kappa shape index (κ2) is 15.1. The van der Waals surface area contributed by atoms with Crippen LogP contribution < -0.4 is 30.5 Å². The fourth-order valence-electron chi connectivity index (χ4n) is 12.9. The number of nitrogens with zero attached hydrogens (tertiary/aromatic N) is 5. The first-order valence-electron chi connectivity index (χ1n) is 25.8. The minimum atomic E-state index is -1.20. The van der Waals surface area contributed by atoms with Crippen LogP contribution in [0.15, 0.2) is 231 Å². The van der Waals surface area contributed by atoms with E-state index in [0.717, 1.165) is 73.4 Å². The molecule has 352 valence electrons. The zero-order chi connectivity index (χ0) is 49.2. The van der Waals surface area contributed by atoms with Gasteiger partial charge in [0.25, 0.3) is 0 Å². The van der Waals surface area contributed by atoms with E-state index in [9.17, 15) is 0 Å². The van der Waals surface area contributed by atoms with Gasteiger partial charge in [0, 0.05) is 69.1 Å². The van der Waals surface area contributed by atoms with Crippen molar-refractivity contribution >= 4 is 123 Å². The molecule has 0 saturated carbocycles. The van der Waals surface area contributed by atoms with Crippen molar-refractivity contribution < 1.29 is 4.74 Å². The number of aromatic nitrogens is 3. The van der Waals surface area contributed by atoms with E-state index in [1.165, 1.54) is 81.8 Å². The van der Waals surface area contributed by atoms with Crippen LogP contribution in [0, 0.1) is 13.8 Å². The lowest BCUT2D eigenvalue weighted by Crippen LogP contribution is -2.43. The van der Waals surface area contributed by atoms with E-state index >= 15 is 0 Å². The molecule has 0 fully saturated rings. The smallest absolute Gasteiger partial charge is 0.139 e. The molecule has 75 heavy (non-hydrogen) atoms. The van der Waals surface area contributed by atoms with Crippen LogP contribution in [-0.2, 0) is 0 Å². The summed E-state index contributed by atoms with van der Waals surface area (Å²) in [7, 11) is -1.20. The average molecular weight is 978 g/mol. The molecule has 3 aromatic heterocycles. The Kier molecular flexibility index (Phi) is 8.29. The molecule has 14 aromatic rings. The molecule has 0 bridgehead atoms. The maximum absolute atomic E-state index is 7.69. The van der Waals surface area contributed by atoms with Gasteiger partial charge in [0.2, 0.25) is 0 Å². The van der Waals surface area contributed by atoms with Crippen molar-refractivity contribution in [1.82, 2.24) is 13.7 Å². The predicted octanol–water partition coefficient (Wildman–Crippen LogP) is 17.0. The maximum Gasteiger partial charge on any atom is 0.139 e. The Morgan fingerprint density at radius 3 is 0.853 bits per heavy atom. The molecule has 17 rings (SSSR count). The number of rotatable bonds is 5. The van der Waals surface area contributed by atoms with Crippen LogP contribution in [0.5, 0.6) is 11.5 Å². The molecule has 3 aliphatic rings. The van der Waals surface area contributed by atoms with E-state index < -0.39 is 7.92 Å². The van der Waals surface area contributed by atoms with E-state index in [1.54, 1.807) is 0 Å². The highest BCUT2D eigenvalue weighted by molar-refractivity contribution is 7.81. The first kappa shape index (κ1) is 41.2. The second-order valence-corrected chi connectivity index (χ2v) is 22.4. The number of anilines is 6. The summed E-state index contributed by atoms with van der Waals surface area (Å²) in [6.45, 7) is 4.35. The SMILES string of the molecule is Cc1ccc(N2c3cc(-n4c5ccccc5c5ccccc54)cc4c3P3c5c(cc(-n6c7ccccc7c7ccccc76)cc5N(c5ccc(C)cc5)c5cc(-n6c7ccccc7c7ccccc76)cc2c53)O4)cc1. The number of hydrogen-bond acceptors (Lipinski definition) is 3. The molecule has 0 atom stereocenters. The molecule has 0 radical (unpaired) electrons. The van der Waals surface area contributed by atoms with Crippen molar-refractivity contribution in [2.24, 2.45) is 0 Å². The Hall–Kier alpha value is -9.35. The number of benzene rings is 11. The van der Waals surface area contributed by atoms with Crippen LogP contribution in [0.1, 0.15) is 11.1 Å². The maximum atomic E-state index is 7.69. The minimum Gasteiger partial charge on any atom is -0.456 e. The molecule has 3 aliphatic heterocycles.